The molecule has 0 spiro atoms. The molecule has 0 amide bonds. The topological polar surface area (TPSA) is 18.5 Å². The summed E-state index contributed by atoms with van der Waals surface area (Å²) >= 11 is 0. The Labute approximate surface area is 160 Å². The number of benzene rings is 2. The summed E-state index contributed by atoms with van der Waals surface area (Å²) in [5.74, 6) is 1.46. The van der Waals surface area contributed by atoms with E-state index in [2.05, 4.69) is 52.0 Å². The lowest BCUT2D eigenvalue weighted by Crippen LogP contribution is -1.98. The summed E-state index contributed by atoms with van der Waals surface area (Å²) < 4.78 is 11.1. The average molecular weight is 357 g/mol. The van der Waals surface area contributed by atoms with E-state index in [9.17, 15) is 0 Å². The van der Waals surface area contributed by atoms with Crippen LogP contribution in [-0.2, 0) is 22.7 Å². The highest BCUT2D eigenvalue weighted by molar-refractivity contribution is 5.14. The Morgan fingerprint density at radius 1 is 0.577 bits per heavy atom. The number of hydrogen-bond donors (Lipinski definition) is 0. The molecule has 2 heteroatoms. The highest BCUT2D eigenvalue weighted by Crippen LogP contribution is 2.04. The van der Waals surface area contributed by atoms with Crippen LogP contribution in [0.1, 0.15) is 51.7 Å². The minimum Gasteiger partial charge on any atom is -0.377 e. The zero-order chi connectivity index (χ0) is 19.0. The van der Waals surface area contributed by atoms with Crippen molar-refractivity contribution in [3.63, 3.8) is 0 Å². The Balaban J connectivity index is 0.000000260. The van der Waals surface area contributed by atoms with Crippen molar-refractivity contribution in [1.82, 2.24) is 0 Å². The Morgan fingerprint density at radius 3 is 1.23 bits per heavy atom. The van der Waals surface area contributed by atoms with E-state index in [-0.39, 0.29) is 0 Å². The zero-order valence-corrected chi connectivity index (χ0v) is 17.0. The van der Waals surface area contributed by atoms with Crippen LogP contribution in [0.15, 0.2) is 60.7 Å². The SMILES string of the molecule is CC(C)CCOCc1ccccc1.CC(C)CCOCc1ccccc1. The molecule has 0 atom stereocenters. The summed E-state index contributed by atoms with van der Waals surface area (Å²) in [5.41, 5.74) is 2.51. The molecule has 0 aliphatic carbocycles. The molecule has 0 bridgehead atoms. The summed E-state index contributed by atoms with van der Waals surface area (Å²) in [4.78, 5) is 0. The minimum atomic E-state index is 0.732. The normalized spacial score (nSPS) is 10.7. The molecule has 0 heterocycles. The second-order valence-corrected chi connectivity index (χ2v) is 7.44. The van der Waals surface area contributed by atoms with Gasteiger partial charge in [-0.2, -0.15) is 0 Å². The maximum absolute atomic E-state index is 5.53. The minimum absolute atomic E-state index is 0.732. The van der Waals surface area contributed by atoms with Gasteiger partial charge in [0.1, 0.15) is 0 Å². The standard InChI is InChI=1S/2C12H18O/c2*1-11(2)8-9-13-10-12-6-4-3-5-7-12/h2*3-7,11H,8-10H2,1-2H3. The molecule has 144 valence electrons. The first-order valence-corrected chi connectivity index (χ1v) is 9.81. The molecule has 0 aliphatic heterocycles. The van der Waals surface area contributed by atoms with Crippen molar-refractivity contribution in [2.45, 2.75) is 53.8 Å². The van der Waals surface area contributed by atoms with E-state index in [4.69, 9.17) is 9.47 Å². The monoisotopic (exact) mass is 356 g/mol. The number of ether oxygens (including phenoxy) is 2. The van der Waals surface area contributed by atoms with E-state index >= 15 is 0 Å². The fourth-order valence-electron chi connectivity index (χ4n) is 2.17. The molecule has 2 aromatic carbocycles. The van der Waals surface area contributed by atoms with Gasteiger partial charge in [0.15, 0.2) is 0 Å². The van der Waals surface area contributed by atoms with Gasteiger partial charge in [-0.15, -0.1) is 0 Å². The Morgan fingerprint density at radius 2 is 0.923 bits per heavy atom. The van der Waals surface area contributed by atoms with Gasteiger partial charge in [0.25, 0.3) is 0 Å². The molecule has 0 fully saturated rings. The Bertz CT molecular complexity index is 483. The second kappa shape index (κ2) is 14.5. The van der Waals surface area contributed by atoms with Crippen molar-refractivity contribution in [2.24, 2.45) is 11.8 Å². The van der Waals surface area contributed by atoms with Gasteiger partial charge in [-0.1, -0.05) is 88.4 Å². The van der Waals surface area contributed by atoms with Gasteiger partial charge in [0.05, 0.1) is 13.2 Å². The molecule has 0 saturated heterocycles. The summed E-state index contributed by atoms with van der Waals surface area (Å²) in [6.45, 7) is 12.1. The first-order chi connectivity index (χ1) is 12.6. The van der Waals surface area contributed by atoms with Crippen molar-refractivity contribution in [2.75, 3.05) is 13.2 Å². The van der Waals surface area contributed by atoms with Crippen molar-refractivity contribution >= 4 is 0 Å². The fourth-order valence-corrected chi connectivity index (χ4v) is 2.17. The van der Waals surface area contributed by atoms with Gasteiger partial charge >= 0.3 is 0 Å². The van der Waals surface area contributed by atoms with Gasteiger partial charge in [-0.05, 0) is 35.8 Å². The summed E-state index contributed by atoms with van der Waals surface area (Å²) in [6, 6.07) is 20.6. The second-order valence-electron chi connectivity index (χ2n) is 7.44. The van der Waals surface area contributed by atoms with Crippen LogP contribution in [0.25, 0.3) is 0 Å². The van der Waals surface area contributed by atoms with E-state index in [1.165, 1.54) is 11.1 Å². The Kier molecular flexibility index (Phi) is 12.5. The van der Waals surface area contributed by atoms with Crippen molar-refractivity contribution in [3.8, 4) is 0 Å². The van der Waals surface area contributed by atoms with Crippen molar-refractivity contribution < 1.29 is 9.47 Å². The smallest absolute Gasteiger partial charge is 0.0716 e. The predicted octanol–water partition coefficient (Wildman–Crippen LogP) is 6.50. The largest absolute Gasteiger partial charge is 0.377 e. The molecular weight excluding hydrogens is 320 g/mol. The van der Waals surface area contributed by atoms with Crippen LogP contribution in [0.4, 0.5) is 0 Å². The molecule has 0 unspecified atom stereocenters. The van der Waals surface area contributed by atoms with Crippen LogP contribution in [0.2, 0.25) is 0 Å². The molecule has 0 saturated carbocycles. The van der Waals surface area contributed by atoms with Crippen LogP contribution in [0, 0.1) is 11.8 Å². The van der Waals surface area contributed by atoms with Gasteiger partial charge in [0, 0.05) is 13.2 Å². The fraction of sp³-hybridized carbons (Fsp3) is 0.500. The highest BCUT2D eigenvalue weighted by atomic mass is 16.5. The lowest BCUT2D eigenvalue weighted by atomic mass is 10.1. The molecule has 2 nitrogen and oxygen atoms in total. The Hall–Kier alpha value is -1.64. The van der Waals surface area contributed by atoms with Crippen LogP contribution >= 0.6 is 0 Å². The maximum atomic E-state index is 5.53. The van der Waals surface area contributed by atoms with Crippen LogP contribution in [0.3, 0.4) is 0 Å². The van der Waals surface area contributed by atoms with E-state index < -0.39 is 0 Å². The zero-order valence-electron chi connectivity index (χ0n) is 17.0. The summed E-state index contributed by atoms with van der Waals surface area (Å²) in [5, 5.41) is 0. The van der Waals surface area contributed by atoms with Crippen molar-refractivity contribution in [3.05, 3.63) is 71.8 Å². The summed E-state index contributed by atoms with van der Waals surface area (Å²) in [7, 11) is 0. The number of hydrogen-bond acceptors (Lipinski definition) is 2. The van der Waals surface area contributed by atoms with Gasteiger partial charge in [-0.3, -0.25) is 0 Å². The summed E-state index contributed by atoms with van der Waals surface area (Å²) in [6.07, 6.45) is 2.29. The molecular formula is C24H36O2. The lowest BCUT2D eigenvalue weighted by molar-refractivity contribution is 0.110. The molecule has 0 aliphatic rings. The molecule has 0 aromatic heterocycles. The molecule has 2 aromatic rings. The molecule has 0 radical (unpaired) electrons. The predicted molar refractivity (Wildman–Crippen MR) is 111 cm³/mol. The maximum Gasteiger partial charge on any atom is 0.0716 e. The highest BCUT2D eigenvalue weighted by Gasteiger charge is 1.95. The third kappa shape index (κ3) is 12.7. The van der Waals surface area contributed by atoms with E-state index in [1.54, 1.807) is 0 Å². The van der Waals surface area contributed by atoms with E-state index in [1.807, 2.05) is 36.4 Å². The molecule has 2 rings (SSSR count). The van der Waals surface area contributed by atoms with E-state index in [0.717, 1.165) is 51.1 Å². The average Bonchev–Trinajstić information content (AvgIpc) is 2.64. The third-order valence-corrected chi connectivity index (χ3v) is 3.90. The van der Waals surface area contributed by atoms with Crippen molar-refractivity contribution in [1.29, 1.82) is 0 Å². The van der Waals surface area contributed by atoms with Crippen LogP contribution in [0.5, 0.6) is 0 Å². The van der Waals surface area contributed by atoms with Crippen LogP contribution < -0.4 is 0 Å². The molecule has 26 heavy (non-hydrogen) atoms. The van der Waals surface area contributed by atoms with Gasteiger partial charge < -0.3 is 9.47 Å². The lowest BCUT2D eigenvalue weighted by Gasteiger charge is -2.05. The number of rotatable bonds is 10. The molecule has 0 N–H and O–H groups in total. The first-order valence-electron chi connectivity index (χ1n) is 9.81. The van der Waals surface area contributed by atoms with Gasteiger partial charge in [-0.25, -0.2) is 0 Å². The quantitative estimate of drug-likeness (QED) is 0.452. The third-order valence-electron chi connectivity index (χ3n) is 3.90. The van der Waals surface area contributed by atoms with E-state index in [0.29, 0.717) is 0 Å². The van der Waals surface area contributed by atoms with Gasteiger partial charge in [0.2, 0.25) is 0 Å². The first kappa shape index (κ1) is 22.4. The van der Waals surface area contributed by atoms with Crippen LogP contribution in [-0.4, -0.2) is 13.2 Å².